The second-order valence-electron chi connectivity index (χ2n) is 9.73. The number of piperidine rings is 1. The molecular weight excluding hydrogens is 436 g/mol. The van der Waals surface area contributed by atoms with Crippen molar-refractivity contribution in [3.63, 3.8) is 0 Å². The van der Waals surface area contributed by atoms with E-state index in [0.29, 0.717) is 18.7 Å². The molecule has 0 aliphatic carbocycles. The van der Waals surface area contributed by atoms with Crippen LogP contribution >= 0.6 is 0 Å². The SMILES string of the molecule is O=C(NC[C@@H]1CCC2(CCN(Cc3ccc(OCc4ccccc4)cc3)CC2)O1)c1ccccc1. The standard InChI is InChI=1S/C30H34N2O3/c33-29(26-9-5-2-6-10-26)31-21-28-15-16-30(35-28)17-19-32(20-18-30)22-24-11-13-27(14-12-24)34-23-25-7-3-1-4-8-25/h1-14,28H,15-23H2,(H,31,33)/t28-/m0/s1. The van der Waals surface area contributed by atoms with Gasteiger partial charge in [0, 0.05) is 31.7 Å². The smallest absolute Gasteiger partial charge is 0.251 e. The van der Waals surface area contributed by atoms with E-state index in [2.05, 4.69) is 46.6 Å². The molecule has 1 amide bonds. The summed E-state index contributed by atoms with van der Waals surface area (Å²) in [5, 5.41) is 3.04. The molecule has 0 saturated carbocycles. The average molecular weight is 471 g/mol. The van der Waals surface area contributed by atoms with Crippen LogP contribution in [0, 0.1) is 0 Å². The Balaban J connectivity index is 1.04. The largest absolute Gasteiger partial charge is 0.489 e. The van der Waals surface area contributed by atoms with Gasteiger partial charge >= 0.3 is 0 Å². The van der Waals surface area contributed by atoms with E-state index in [1.54, 1.807) is 0 Å². The molecule has 1 N–H and O–H groups in total. The minimum Gasteiger partial charge on any atom is -0.489 e. The zero-order valence-electron chi connectivity index (χ0n) is 20.2. The summed E-state index contributed by atoms with van der Waals surface area (Å²) in [7, 11) is 0. The topological polar surface area (TPSA) is 50.8 Å². The summed E-state index contributed by atoms with van der Waals surface area (Å²) in [6.45, 7) is 4.19. The summed E-state index contributed by atoms with van der Waals surface area (Å²) >= 11 is 0. The lowest BCUT2D eigenvalue weighted by atomic mass is 9.88. The highest BCUT2D eigenvalue weighted by Crippen LogP contribution is 2.39. The Hall–Kier alpha value is -3.15. The highest BCUT2D eigenvalue weighted by molar-refractivity contribution is 5.94. The monoisotopic (exact) mass is 470 g/mol. The summed E-state index contributed by atoms with van der Waals surface area (Å²) in [6, 6.07) is 28.1. The lowest BCUT2D eigenvalue weighted by Crippen LogP contribution is -2.44. The molecule has 2 aliphatic rings. The van der Waals surface area contributed by atoms with Gasteiger partial charge in [0.25, 0.3) is 5.91 Å². The number of carbonyl (C=O) groups is 1. The molecule has 1 spiro atoms. The number of nitrogens with one attached hydrogen (secondary N) is 1. The van der Waals surface area contributed by atoms with E-state index in [4.69, 9.17) is 9.47 Å². The number of carbonyl (C=O) groups excluding carboxylic acids is 1. The van der Waals surface area contributed by atoms with Crippen LogP contribution in [0.3, 0.4) is 0 Å². The lowest BCUT2D eigenvalue weighted by molar-refractivity contribution is -0.0764. The summed E-state index contributed by atoms with van der Waals surface area (Å²) in [6.07, 6.45) is 4.31. The van der Waals surface area contributed by atoms with Crippen LogP contribution in [-0.2, 0) is 17.9 Å². The van der Waals surface area contributed by atoms with Crippen molar-refractivity contribution in [1.82, 2.24) is 10.2 Å². The number of benzene rings is 3. The Kier molecular flexibility index (Phi) is 7.45. The second kappa shape index (κ2) is 11.1. The van der Waals surface area contributed by atoms with Crippen LogP contribution in [0.25, 0.3) is 0 Å². The first-order valence-electron chi connectivity index (χ1n) is 12.7. The summed E-state index contributed by atoms with van der Waals surface area (Å²) in [5.74, 6) is 0.876. The van der Waals surface area contributed by atoms with Gasteiger partial charge in [-0.2, -0.15) is 0 Å². The Morgan fingerprint density at radius 1 is 0.886 bits per heavy atom. The normalized spacial score (nSPS) is 19.5. The van der Waals surface area contributed by atoms with Crippen molar-refractivity contribution in [2.24, 2.45) is 0 Å². The fourth-order valence-corrected chi connectivity index (χ4v) is 5.11. The van der Waals surface area contributed by atoms with Crippen LogP contribution in [0.2, 0.25) is 0 Å². The molecule has 2 aliphatic heterocycles. The molecule has 2 saturated heterocycles. The molecule has 0 unspecified atom stereocenters. The van der Waals surface area contributed by atoms with E-state index >= 15 is 0 Å². The van der Waals surface area contributed by atoms with E-state index < -0.39 is 0 Å². The van der Waals surface area contributed by atoms with Crippen molar-refractivity contribution in [2.45, 2.75) is 50.5 Å². The van der Waals surface area contributed by atoms with Gasteiger partial charge in [-0.25, -0.2) is 0 Å². The quantitative estimate of drug-likeness (QED) is 0.491. The Morgan fingerprint density at radius 2 is 1.57 bits per heavy atom. The van der Waals surface area contributed by atoms with Crippen molar-refractivity contribution < 1.29 is 14.3 Å². The van der Waals surface area contributed by atoms with E-state index in [0.717, 1.165) is 51.1 Å². The van der Waals surface area contributed by atoms with Crippen LogP contribution in [0.4, 0.5) is 0 Å². The third kappa shape index (κ3) is 6.30. The van der Waals surface area contributed by atoms with Crippen LogP contribution in [-0.4, -0.2) is 42.1 Å². The maximum Gasteiger partial charge on any atom is 0.251 e. The van der Waals surface area contributed by atoms with Gasteiger partial charge in [-0.3, -0.25) is 9.69 Å². The van der Waals surface area contributed by atoms with Crippen molar-refractivity contribution >= 4 is 5.91 Å². The van der Waals surface area contributed by atoms with Crippen molar-refractivity contribution in [2.75, 3.05) is 19.6 Å². The van der Waals surface area contributed by atoms with Gasteiger partial charge in [0.1, 0.15) is 12.4 Å². The third-order valence-corrected chi connectivity index (χ3v) is 7.21. The van der Waals surface area contributed by atoms with Gasteiger partial charge < -0.3 is 14.8 Å². The lowest BCUT2D eigenvalue weighted by Gasteiger charge is -2.39. The number of ether oxygens (including phenoxy) is 2. The molecule has 5 heteroatoms. The molecule has 2 heterocycles. The van der Waals surface area contributed by atoms with E-state index in [1.807, 2.05) is 48.5 Å². The van der Waals surface area contributed by atoms with E-state index in [1.165, 1.54) is 11.1 Å². The van der Waals surface area contributed by atoms with Gasteiger partial charge in [0.05, 0.1) is 11.7 Å². The average Bonchev–Trinajstić information content (AvgIpc) is 3.32. The minimum atomic E-state index is -0.0264. The Labute approximate surface area is 208 Å². The number of nitrogens with zero attached hydrogens (tertiary/aromatic N) is 1. The zero-order chi connectivity index (χ0) is 23.9. The molecule has 0 radical (unpaired) electrons. The first kappa shape index (κ1) is 23.6. The maximum atomic E-state index is 12.3. The third-order valence-electron chi connectivity index (χ3n) is 7.21. The summed E-state index contributed by atoms with van der Waals surface area (Å²) < 4.78 is 12.4. The van der Waals surface area contributed by atoms with Crippen molar-refractivity contribution in [3.05, 3.63) is 102 Å². The van der Waals surface area contributed by atoms with Crippen molar-refractivity contribution in [1.29, 1.82) is 0 Å². The predicted octanol–water partition coefficient (Wildman–Crippen LogP) is 5.21. The van der Waals surface area contributed by atoms with Crippen LogP contribution in [0.5, 0.6) is 5.75 Å². The molecule has 0 aromatic heterocycles. The number of hydrogen-bond acceptors (Lipinski definition) is 4. The molecular formula is C30H34N2O3. The summed E-state index contributed by atoms with van der Waals surface area (Å²) in [4.78, 5) is 14.8. The van der Waals surface area contributed by atoms with Crippen molar-refractivity contribution in [3.8, 4) is 5.75 Å². The molecule has 1 atom stereocenters. The number of likely N-dealkylation sites (tertiary alicyclic amines) is 1. The van der Waals surface area contributed by atoms with Crippen LogP contribution in [0.1, 0.15) is 47.2 Å². The van der Waals surface area contributed by atoms with Gasteiger partial charge in [-0.15, -0.1) is 0 Å². The zero-order valence-corrected chi connectivity index (χ0v) is 20.2. The first-order valence-corrected chi connectivity index (χ1v) is 12.7. The van der Waals surface area contributed by atoms with Gasteiger partial charge in [-0.05, 0) is 61.1 Å². The number of rotatable bonds is 8. The molecule has 35 heavy (non-hydrogen) atoms. The van der Waals surface area contributed by atoms with Gasteiger partial charge in [0.2, 0.25) is 0 Å². The number of hydrogen-bond donors (Lipinski definition) is 1. The Morgan fingerprint density at radius 3 is 2.29 bits per heavy atom. The van der Waals surface area contributed by atoms with Crippen LogP contribution < -0.4 is 10.1 Å². The number of amides is 1. The molecule has 3 aromatic carbocycles. The molecule has 5 nitrogen and oxygen atoms in total. The maximum absolute atomic E-state index is 12.3. The Bertz CT molecular complexity index is 1080. The van der Waals surface area contributed by atoms with Crippen LogP contribution in [0.15, 0.2) is 84.9 Å². The molecule has 3 aromatic rings. The molecule has 2 fully saturated rings. The highest BCUT2D eigenvalue weighted by Gasteiger charge is 2.42. The highest BCUT2D eigenvalue weighted by atomic mass is 16.5. The predicted molar refractivity (Wildman–Crippen MR) is 137 cm³/mol. The fourth-order valence-electron chi connectivity index (χ4n) is 5.11. The minimum absolute atomic E-state index is 0.0201. The van der Waals surface area contributed by atoms with Gasteiger partial charge in [-0.1, -0.05) is 60.7 Å². The van der Waals surface area contributed by atoms with Gasteiger partial charge in [0.15, 0.2) is 0 Å². The fraction of sp³-hybridized carbons (Fsp3) is 0.367. The molecule has 0 bridgehead atoms. The van der Waals surface area contributed by atoms with E-state index in [-0.39, 0.29) is 17.6 Å². The molecule has 182 valence electrons. The molecule has 5 rings (SSSR count). The van der Waals surface area contributed by atoms with E-state index in [9.17, 15) is 4.79 Å². The summed E-state index contributed by atoms with van der Waals surface area (Å²) in [5.41, 5.74) is 3.16. The second-order valence-corrected chi connectivity index (χ2v) is 9.73. The first-order chi connectivity index (χ1) is 17.2.